The highest BCUT2D eigenvalue weighted by atomic mass is 16.2. The molecule has 0 aliphatic carbocycles. The van der Waals surface area contributed by atoms with Crippen molar-refractivity contribution in [3.8, 4) is 0 Å². The Morgan fingerprint density at radius 1 is 1.11 bits per heavy atom. The van der Waals surface area contributed by atoms with Crippen molar-refractivity contribution in [2.24, 2.45) is 11.1 Å². The largest absolute Gasteiger partial charge is 0.368 e. The summed E-state index contributed by atoms with van der Waals surface area (Å²) in [6.45, 7) is 5.58. The quantitative estimate of drug-likeness (QED) is 0.716. The van der Waals surface area contributed by atoms with E-state index in [1.54, 1.807) is 63.4 Å². The molecular weight excluding hydrogens is 358 g/mol. The third-order valence-electron chi connectivity index (χ3n) is 4.50. The summed E-state index contributed by atoms with van der Waals surface area (Å²) >= 11 is 0. The number of carbonyl (C=O) groups is 2. The van der Waals surface area contributed by atoms with Crippen molar-refractivity contribution < 1.29 is 9.59 Å². The van der Waals surface area contributed by atoms with Crippen molar-refractivity contribution in [1.29, 1.82) is 0 Å². The van der Waals surface area contributed by atoms with Gasteiger partial charge >= 0.3 is 11.7 Å². The van der Waals surface area contributed by atoms with Crippen LogP contribution in [-0.4, -0.2) is 32.1 Å². The molecule has 8 nitrogen and oxygen atoms in total. The van der Waals surface area contributed by atoms with Gasteiger partial charge in [0.2, 0.25) is 5.91 Å². The second-order valence-electron chi connectivity index (χ2n) is 7.66. The van der Waals surface area contributed by atoms with Gasteiger partial charge < -0.3 is 11.1 Å². The number of amides is 2. The molecule has 0 saturated carbocycles. The van der Waals surface area contributed by atoms with E-state index >= 15 is 0 Å². The number of carbonyl (C=O) groups excluding carboxylic acids is 2. The first-order chi connectivity index (χ1) is 13.2. The van der Waals surface area contributed by atoms with Crippen LogP contribution < -0.4 is 16.7 Å². The van der Waals surface area contributed by atoms with Gasteiger partial charge in [-0.2, -0.15) is 0 Å². The lowest BCUT2D eigenvalue weighted by atomic mass is 9.86. The number of rotatable bonds is 4. The van der Waals surface area contributed by atoms with Gasteiger partial charge in [0.05, 0.1) is 23.3 Å². The monoisotopic (exact) mass is 381 g/mol. The van der Waals surface area contributed by atoms with Gasteiger partial charge in [-0.1, -0.05) is 39.0 Å². The van der Waals surface area contributed by atoms with Crippen molar-refractivity contribution in [3.63, 3.8) is 0 Å². The van der Waals surface area contributed by atoms with Crippen LogP contribution in [0.4, 0.5) is 4.79 Å². The fraction of sp³-hybridized carbons (Fsp3) is 0.300. The predicted octanol–water partition coefficient (Wildman–Crippen LogP) is 1.70. The second-order valence-corrected chi connectivity index (χ2v) is 7.66. The Balaban J connectivity index is 2.07. The Morgan fingerprint density at radius 2 is 1.75 bits per heavy atom. The minimum atomic E-state index is -0.926. The highest BCUT2D eigenvalue weighted by Gasteiger charge is 2.32. The number of nitrogens with one attached hydrogen (secondary N) is 1. The van der Waals surface area contributed by atoms with E-state index in [-0.39, 0.29) is 6.54 Å². The van der Waals surface area contributed by atoms with Crippen molar-refractivity contribution in [1.82, 2.24) is 19.4 Å². The smallest absolute Gasteiger partial charge is 0.337 e. The summed E-state index contributed by atoms with van der Waals surface area (Å²) in [4.78, 5) is 42.0. The number of nitrogens with zero attached hydrogens (tertiary/aromatic N) is 3. The minimum Gasteiger partial charge on any atom is -0.368 e. The number of hydrogen-bond donors (Lipinski definition) is 2. The normalized spacial score (nSPS) is 12.7. The van der Waals surface area contributed by atoms with Gasteiger partial charge in [0, 0.05) is 6.20 Å². The van der Waals surface area contributed by atoms with Crippen LogP contribution in [0.2, 0.25) is 0 Å². The summed E-state index contributed by atoms with van der Waals surface area (Å²) in [7, 11) is 0. The van der Waals surface area contributed by atoms with Crippen LogP contribution in [0.25, 0.3) is 11.0 Å². The van der Waals surface area contributed by atoms with Crippen LogP contribution in [0.3, 0.4) is 0 Å². The molecule has 0 spiro atoms. The maximum atomic E-state index is 13.1. The number of nitrogens with two attached hydrogens (primary N) is 1. The van der Waals surface area contributed by atoms with Gasteiger partial charge in [0.1, 0.15) is 6.04 Å². The van der Waals surface area contributed by atoms with Crippen molar-refractivity contribution in [2.75, 3.05) is 0 Å². The Hall–Kier alpha value is -3.42. The lowest BCUT2D eigenvalue weighted by Gasteiger charge is -2.28. The summed E-state index contributed by atoms with van der Waals surface area (Å²) in [6.07, 6.45) is 1.65. The molecule has 28 heavy (non-hydrogen) atoms. The van der Waals surface area contributed by atoms with Crippen LogP contribution in [0.5, 0.6) is 0 Å². The maximum Gasteiger partial charge on any atom is 0.337 e. The Kier molecular flexibility index (Phi) is 5.04. The van der Waals surface area contributed by atoms with Gasteiger partial charge in [-0.25, -0.2) is 14.2 Å². The van der Waals surface area contributed by atoms with Gasteiger partial charge in [0.15, 0.2) is 0 Å². The van der Waals surface area contributed by atoms with Crippen LogP contribution in [0.15, 0.2) is 53.5 Å². The molecule has 0 saturated heterocycles. The highest BCUT2D eigenvalue weighted by Crippen LogP contribution is 2.20. The molecule has 0 unspecified atom stereocenters. The summed E-state index contributed by atoms with van der Waals surface area (Å²) in [5.74, 6) is -0.661. The number of primary amides is 1. The molecule has 3 N–H and O–H groups in total. The summed E-state index contributed by atoms with van der Waals surface area (Å²) in [6, 6.07) is 10.8. The van der Waals surface area contributed by atoms with E-state index in [4.69, 9.17) is 5.73 Å². The fourth-order valence-electron chi connectivity index (χ4n) is 3.11. The van der Waals surface area contributed by atoms with E-state index in [0.717, 1.165) is 4.57 Å². The van der Waals surface area contributed by atoms with E-state index in [2.05, 4.69) is 10.3 Å². The Labute approximate surface area is 162 Å². The Morgan fingerprint density at radius 3 is 2.32 bits per heavy atom. The molecule has 146 valence electrons. The lowest BCUT2D eigenvalue weighted by molar-refractivity contribution is -0.122. The molecule has 3 aromatic rings. The lowest BCUT2D eigenvalue weighted by Crippen LogP contribution is -2.54. The average molecular weight is 381 g/mol. The number of para-hydroxylation sites is 2. The molecule has 0 bridgehead atoms. The van der Waals surface area contributed by atoms with E-state index in [1.807, 2.05) is 6.07 Å². The fourth-order valence-corrected chi connectivity index (χ4v) is 3.11. The number of hydrogen-bond acceptors (Lipinski definition) is 4. The highest BCUT2D eigenvalue weighted by molar-refractivity contribution is 5.92. The van der Waals surface area contributed by atoms with Crippen LogP contribution in [-0.2, 0) is 11.3 Å². The molecule has 2 heterocycles. The molecule has 1 aromatic carbocycles. The third kappa shape index (κ3) is 3.66. The minimum absolute atomic E-state index is 0.221. The maximum absolute atomic E-state index is 13.1. The third-order valence-corrected chi connectivity index (χ3v) is 4.50. The molecule has 8 heteroatoms. The molecule has 2 aromatic heterocycles. The molecule has 0 aliphatic heterocycles. The van der Waals surface area contributed by atoms with E-state index in [1.165, 1.54) is 4.57 Å². The number of pyridine rings is 1. The van der Waals surface area contributed by atoms with Crippen LogP contribution in [0, 0.1) is 5.41 Å². The van der Waals surface area contributed by atoms with Gasteiger partial charge in [-0.15, -0.1) is 0 Å². The number of benzene rings is 1. The molecule has 0 aliphatic rings. The molecule has 2 amide bonds. The summed E-state index contributed by atoms with van der Waals surface area (Å²) in [5.41, 5.74) is 6.07. The van der Waals surface area contributed by atoms with Crippen LogP contribution >= 0.6 is 0 Å². The number of imidazole rings is 1. The first-order valence-electron chi connectivity index (χ1n) is 8.90. The first-order valence-corrected chi connectivity index (χ1v) is 8.90. The summed E-state index contributed by atoms with van der Waals surface area (Å²) < 4.78 is 2.51. The van der Waals surface area contributed by atoms with Crippen molar-refractivity contribution >= 4 is 23.0 Å². The molecule has 1 atom stereocenters. The number of aromatic nitrogens is 3. The van der Waals surface area contributed by atoms with Gasteiger partial charge in [-0.05, 0) is 29.7 Å². The zero-order valence-corrected chi connectivity index (χ0v) is 16.0. The standard InChI is InChI=1S/C20H23N5O3/c1-20(2,3)16(17(21)26)23-18(27)25-15-10-5-4-9-14(15)24(19(25)28)12-13-8-6-7-11-22-13/h4-11,16H,12H2,1-3H3,(H2,21,26)(H,23,27)/t16-/m1/s1. The second kappa shape index (κ2) is 7.30. The zero-order chi connectivity index (χ0) is 20.5. The van der Waals surface area contributed by atoms with E-state index < -0.39 is 29.1 Å². The Bertz CT molecular complexity index is 1080. The molecule has 0 fully saturated rings. The van der Waals surface area contributed by atoms with E-state index in [0.29, 0.717) is 16.7 Å². The first kappa shape index (κ1) is 19.3. The zero-order valence-electron chi connectivity index (χ0n) is 16.0. The van der Waals surface area contributed by atoms with Crippen LogP contribution in [0.1, 0.15) is 26.5 Å². The predicted molar refractivity (Wildman–Crippen MR) is 106 cm³/mol. The SMILES string of the molecule is CC(C)(C)[C@H](NC(=O)n1c(=O)n(Cc2ccccn2)c2ccccc21)C(N)=O. The number of fused-ring (bicyclic) bond motifs is 1. The average Bonchev–Trinajstić information content (AvgIpc) is 2.91. The van der Waals surface area contributed by atoms with E-state index in [9.17, 15) is 14.4 Å². The molecular formula is C20H23N5O3. The van der Waals surface area contributed by atoms with Crippen molar-refractivity contribution in [2.45, 2.75) is 33.4 Å². The summed E-state index contributed by atoms with van der Waals surface area (Å²) in [5, 5.41) is 2.60. The molecule has 3 rings (SSSR count). The van der Waals surface area contributed by atoms with Gasteiger partial charge in [0.25, 0.3) is 0 Å². The van der Waals surface area contributed by atoms with Crippen molar-refractivity contribution in [3.05, 3.63) is 64.8 Å². The van der Waals surface area contributed by atoms with Gasteiger partial charge in [-0.3, -0.25) is 14.3 Å². The topological polar surface area (TPSA) is 112 Å². The molecule has 0 radical (unpaired) electrons.